The molecule has 2 nitrogen and oxygen atoms in total. The van der Waals surface area contributed by atoms with Gasteiger partial charge in [0, 0.05) is 27.1 Å². The van der Waals surface area contributed by atoms with Crippen LogP contribution in [0, 0.1) is 0 Å². The fraction of sp³-hybridized carbons (Fsp3) is 0.0233. The van der Waals surface area contributed by atoms with Gasteiger partial charge in [-0.3, -0.25) is 0 Å². The molecule has 2 heterocycles. The SMILES string of the molecule is c1ccc(C2(c3ccccc3)c3ccccc3-c3cc4c(cc32)oc2cccc(-c3cccc5c3oc3ccccc35)c24)cc1. The van der Waals surface area contributed by atoms with E-state index >= 15 is 0 Å². The van der Waals surface area contributed by atoms with Gasteiger partial charge in [0.2, 0.25) is 0 Å². The maximum Gasteiger partial charge on any atom is 0.143 e. The van der Waals surface area contributed by atoms with Crippen molar-refractivity contribution in [3.8, 4) is 22.3 Å². The summed E-state index contributed by atoms with van der Waals surface area (Å²) in [5.74, 6) is 0. The van der Waals surface area contributed by atoms with Crippen molar-refractivity contribution in [2.75, 3.05) is 0 Å². The van der Waals surface area contributed by atoms with Gasteiger partial charge in [-0.15, -0.1) is 0 Å². The molecule has 7 aromatic carbocycles. The van der Waals surface area contributed by atoms with E-state index in [2.05, 4.69) is 146 Å². The Morgan fingerprint density at radius 2 is 0.978 bits per heavy atom. The molecule has 0 unspecified atom stereocenters. The Morgan fingerprint density at radius 3 is 1.80 bits per heavy atom. The molecule has 0 atom stereocenters. The molecule has 0 N–H and O–H groups in total. The van der Waals surface area contributed by atoms with Gasteiger partial charge in [0.05, 0.1) is 5.41 Å². The summed E-state index contributed by atoms with van der Waals surface area (Å²) in [6, 6.07) is 56.4. The second-order valence-corrected chi connectivity index (χ2v) is 12.0. The van der Waals surface area contributed by atoms with Crippen LogP contribution in [0.25, 0.3) is 66.1 Å². The van der Waals surface area contributed by atoms with Gasteiger partial charge in [0.25, 0.3) is 0 Å². The lowest BCUT2D eigenvalue weighted by Crippen LogP contribution is -2.28. The highest BCUT2D eigenvalue weighted by Crippen LogP contribution is 2.57. The predicted molar refractivity (Wildman–Crippen MR) is 184 cm³/mol. The van der Waals surface area contributed by atoms with E-state index in [-0.39, 0.29) is 0 Å². The first-order valence-corrected chi connectivity index (χ1v) is 15.4. The van der Waals surface area contributed by atoms with E-state index in [0.717, 1.165) is 55.0 Å². The van der Waals surface area contributed by atoms with Gasteiger partial charge in [0.15, 0.2) is 0 Å². The maximum absolute atomic E-state index is 6.74. The molecular weight excluding hydrogens is 548 g/mol. The van der Waals surface area contributed by atoms with E-state index in [1.165, 1.54) is 33.4 Å². The third-order valence-electron chi connectivity index (χ3n) is 9.77. The molecule has 0 bridgehead atoms. The number of furan rings is 2. The lowest BCUT2D eigenvalue weighted by atomic mass is 9.67. The summed E-state index contributed by atoms with van der Waals surface area (Å²) in [4.78, 5) is 0. The molecule has 0 aliphatic heterocycles. The summed E-state index contributed by atoms with van der Waals surface area (Å²) in [5.41, 5.74) is 12.8. The number of rotatable bonds is 3. The van der Waals surface area contributed by atoms with Crippen LogP contribution in [-0.4, -0.2) is 0 Å². The molecule has 45 heavy (non-hydrogen) atoms. The third-order valence-corrected chi connectivity index (χ3v) is 9.77. The molecule has 0 spiro atoms. The van der Waals surface area contributed by atoms with Crippen LogP contribution in [0.5, 0.6) is 0 Å². The van der Waals surface area contributed by atoms with Crippen molar-refractivity contribution in [1.82, 2.24) is 0 Å². The molecule has 1 aliphatic rings. The number of fused-ring (bicyclic) bond motifs is 9. The van der Waals surface area contributed by atoms with Crippen LogP contribution in [0.2, 0.25) is 0 Å². The molecule has 1 aliphatic carbocycles. The normalized spacial score (nSPS) is 13.5. The minimum Gasteiger partial charge on any atom is -0.456 e. The Labute approximate surface area is 259 Å². The summed E-state index contributed by atoms with van der Waals surface area (Å²) in [6.45, 7) is 0. The molecule has 0 amide bonds. The zero-order valence-electron chi connectivity index (χ0n) is 24.3. The zero-order chi connectivity index (χ0) is 29.5. The van der Waals surface area contributed by atoms with Gasteiger partial charge in [-0.25, -0.2) is 0 Å². The van der Waals surface area contributed by atoms with E-state index < -0.39 is 5.41 Å². The van der Waals surface area contributed by atoms with Crippen molar-refractivity contribution >= 4 is 43.9 Å². The lowest BCUT2D eigenvalue weighted by molar-refractivity contribution is 0.666. The average Bonchev–Trinajstić information content (AvgIpc) is 3.76. The van der Waals surface area contributed by atoms with E-state index in [1.54, 1.807) is 0 Å². The molecule has 0 radical (unpaired) electrons. The molecule has 2 heteroatoms. The molecule has 2 aromatic heterocycles. The standard InChI is InChI=1S/C43H26O2/c1-3-13-27(14-4-1)43(28-15-5-2-6-16-28)36-22-9-7-17-29(36)34-25-35-40(26-37(34)43)44-39-24-12-19-31(41(35)39)33-21-11-20-32-30-18-8-10-23-38(30)45-42(32)33/h1-26H. The van der Waals surface area contributed by atoms with Crippen molar-refractivity contribution in [3.63, 3.8) is 0 Å². The molecule has 210 valence electrons. The number of hydrogen-bond donors (Lipinski definition) is 0. The van der Waals surface area contributed by atoms with Gasteiger partial charge in [-0.05, 0) is 63.2 Å². The van der Waals surface area contributed by atoms with Gasteiger partial charge in [0.1, 0.15) is 22.3 Å². The van der Waals surface area contributed by atoms with Crippen molar-refractivity contribution in [2.45, 2.75) is 5.41 Å². The van der Waals surface area contributed by atoms with Gasteiger partial charge >= 0.3 is 0 Å². The van der Waals surface area contributed by atoms with E-state index in [9.17, 15) is 0 Å². The van der Waals surface area contributed by atoms with Crippen LogP contribution < -0.4 is 0 Å². The summed E-state index contributed by atoms with van der Waals surface area (Å²) in [5, 5.41) is 4.47. The third kappa shape index (κ3) is 3.23. The highest BCUT2D eigenvalue weighted by Gasteiger charge is 2.46. The van der Waals surface area contributed by atoms with Crippen LogP contribution in [0.4, 0.5) is 0 Å². The number of hydrogen-bond acceptors (Lipinski definition) is 2. The van der Waals surface area contributed by atoms with Gasteiger partial charge in [-0.1, -0.05) is 133 Å². The second kappa shape index (κ2) is 9.07. The van der Waals surface area contributed by atoms with Crippen molar-refractivity contribution in [3.05, 3.63) is 180 Å². The molecule has 0 saturated heterocycles. The average molecular weight is 575 g/mol. The van der Waals surface area contributed by atoms with Gasteiger partial charge in [-0.2, -0.15) is 0 Å². The van der Waals surface area contributed by atoms with Crippen molar-refractivity contribution in [2.24, 2.45) is 0 Å². The van der Waals surface area contributed by atoms with Crippen LogP contribution in [0.1, 0.15) is 22.3 Å². The lowest BCUT2D eigenvalue weighted by Gasteiger charge is -2.33. The van der Waals surface area contributed by atoms with Crippen LogP contribution in [0.3, 0.4) is 0 Å². The minimum atomic E-state index is -0.468. The Hall–Kier alpha value is -5.86. The predicted octanol–water partition coefficient (Wildman–Crippen LogP) is 11.5. The molecule has 0 fully saturated rings. The fourth-order valence-electron chi connectivity index (χ4n) is 7.94. The first kappa shape index (κ1) is 24.6. The summed E-state index contributed by atoms with van der Waals surface area (Å²) < 4.78 is 13.2. The van der Waals surface area contributed by atoms with Crippen LogP contribution in [-0.2, 0) is 5.41 Å². The highest BCUT2D eigenvalue weighted by atomic mass is 16.3. The van der Waals surface area contributed by atoms with E-state index in [0.29, 0.717) is 0 Å². The topological polar surface area (TPSA) is 26.3 Å². The molecule has 9 aromatic rings. The maximum atomic E-state index is 6.74. The van der Waals surface area contributed by atoms with Crippen LogP contribution >= 0.6 is 0 Å². The fourth-order valence-corrected chi connectivity index (χ4v) is 7.94. The Balaban J connectivity index is 1.31. The monoisotopic (exact) mass is 574 g/mol. The van der Waals surface area contributed by atoms with Crippen LogP contribution in [0.15, 0.2) is 167 Å². The Morgan fingerprint density at radius 1 is 0.356 bits per heavy atom. The summed E-state index contributed by atoms with van der Waals surface area (Å²) in [6.07, 6.45) is 0. The van der Waals surface area contributed by atoms with E-state index in [1.807, 2.05) is 12.1 Å². The summed E-state index contributed by atoms with van der Waals surface area (Å²) in [7, 11) is 0. The largest absolute Gasteiger partial charge is 0.456 e. The summed E-state index contributed by atoms with van der Waals surface area (Å²) >= 11 is 0. The highest BCUT2D eigenvalue weighted by molar-refractivity contribution is 6.18. The molecular formula is C43H26O2. The molecule has 10 rings (SSSR count). The van der Waals surface area contributed by atoms with Gasteiger partial charge < -0.3 is 8.83 Å². The Kier molecular flexibility index (Phi) is 4.95. The Bertz CT molecular complexity index is 2550. The first-order chi connectivity index (χ1) is 22.3. The zero-order valence-corrected chi connectivity index (χ0v) is 24.3. The number of benzene rings is 7. The quantitative estimate of drug-likeness (QED) is 0.210. The minimum absolute atomic E-state index is 0.468. The smallest absolute Gasteiger partial charge is 0.143 e. The van der Waals surface area contributed by atoms with E-state index in [4.69, 9.17) is 8.83 Å². The number of para-hydroxylation sites is 2. The van der Waals surface area contributed by atoms with Crippen molar-refractivity contribution < 1.29 is 8.83 Å². The second-order valence-electron chi connectivity index (χ2n) is 12.0. The molecule has 0 saturated carbocycles. The van der Waals surface area contributed by atoms with Crippen molar-refractivity contribution in [1.29, 1.82) is 0 Å². The first-order valence-electron chi connectivity index (χ1n) is 15.4.